The van der Waals surface area contributed by atoms with Crippen LogP contribution in [0.25, 0.3) is 0 Å². The molecule has 9 heavy (non-hydrogen) atoms. The molecule has 0 atom stereocenters. The summed E-state index contributed by atoms with van der Waals surface area (Å²) in [5, 5.41) is 5.59. The molecule has 0 spiro atoms. The number of H-pyrrole nitrogens is 1. The summed E-state index contributed by atoms with van der Waals surface area (Å²) in [4.78, 5) is 10.2. The quantitative estimate of drug-likeness (QED) is 0.533. The van der Waals surface area contributed by atoms with Gasteiger partial charge in [0.2, 0.25) is 0 Å². The molecule has 0 amide bonds. The number of anilines is 1. The molecule has 50 valence electrons. The standard InChI is InChI=1S/C4H5N3O.ClH/c5-3-1-2-4(8)7-6-3;/h1-2H,(H2,5,6)(H,7,8);1H. The molecule has 5 heteroatoms. The van der Waals surface area contributed by atoms with E-state index >= 15 is 0 Å². The zero-order valence-corrected chi connectivity index (χ0v) is 5.31. The van der Waals surface area contributed by atoms with Crippen LogP contribution in [0, 0.1) is 0 Å². The van der Waals surface area contributed by atoms with Gasteiger partial charge in [0.25, 0.3) is 5.56 Å². The van der Waals surface area contributed by atoms with Gasteiger partial charge in [-0.05, 0) is 6.07 Å². The fourth-order valence-electron chi connectivity index (χ4n) is 0.355. The first kappa shape index (κ1) is 7.97. The van der Waals surface area contributed by atoms with Crippen LogP contribution < -0.4 is 11.3 Å². The van der Waals surface area contributed by atoms with Gasteiger partial charge in [-0.2, -0.15) is 5.10 Å². The van der Waals surface area contributed by atoms with Crippen LogP contribution in [0.4, 0.5) is 5.82 Å². The molecule has 0 aliphatic carbocycles. The monoisotopic (exact) mass is 147 g/mol. The number of rotatable bonds is 0. The zero-order chi connectivity index (χ0) is 5.98. The predicted octanol–water partition coefficient (Wildman–Crippen LogP) is -0.226. The summed E-state index contributed by atoms with van der Waals surface area (Å²) in [7, 11) is 0. The molecule has 1 aromatic heterocycles. The average molecular weight is 148 g/mol. The predicted molar refractivity (Wildman–Crippen MR) is 36.5 cm³/mol. The van der Waals surface area contributed by atoms with E-state index in [1.165, 1.54) is 12.1 Å². The number of aromatic nitrogens is 2. The summed E-state index contributed by atoms with van der Waals surface area (Å²) in [5.41, 5.74) is 4.91. The Bertz CT molecular complexity index is 213. The summed E-state index contributed by atoms with van der Waals surface area (Å²) in [5.74, 6) is 0.324. The van der Waals surface area contributed by atoms with Crippen molar-refractivity contribution in [2.45, 2.75) is 0 Å². The second-order valence-corrected chi connectivity index (χ2v) is 1.35. The van der Waals surface area contributed by atoms with Gasteiger partial charge in [-0.15, -0.1) is 12.4 Å². The fourth-order valence-corrected chi connectivity index (χ4v) is 0.355. The first-order valence-corrected chi connectivity index (χ1v) is 2.10. The van der Waals surface area contributed by atoms with E-state index in [1.54, 1.807) is 0 Å². The van der Waals surface area contributed by atoms with Gasteiger partial charge < -0.3 is 5.73 Å². The highest BCUT2D eigenvalue weighted by Gasteiger charge is 1.80. The van der Waals surface area contributed by atoms with Crippen LogP contribution in [0.5, 0.6) is 0 Å². The van der Waals surface area contributed by atoms with E-state index in [9.17, 15) is 4.79 Å². The molecule has 0 aromatic carbocycles. The molecule has 0 aliphatic heterocycles. The zero-order valence-electron chi connectivity index (χ0n) is 4.50. The topological polar surface area (TPSA) is 71.8 Å². The van der Waals surface area contributed by atoms with Crippen LogP contribution in [0.3, 0.4) is 0 Å². The van der Waals surface area contributed by atoms with Gasteiger partial charge in [0.05, 0.1) is 0 Å². The Morgan fingerprint density at radius 1 is 1.56 bits per heavy atom. The van der Waals surface area contributed by atoms with Gasteiger partial charge in [0.15, 0.2) is 0 Å². The molecule has 1 aromatic rings. The van der Waals surface area contributed by atoms with E-state index in [1.807, 2.05) is 0 Å². The number of nitrogens with one attached hydrogen (secondary N) is 1. The first-order chi connectivity index (χ1) is 3.79. The lowest BCUT2D eigenvalue weighted by Gasteiger charge is -1.83. The highest BCUT2D eigenvalue weighted by molar-refractivity contribution is 5.85. The van der Waals surface area contributed by atoms with Crippen molar-refractivity contribution >= 4 is 18.2 Å². The van der Waals surface area contributed by atoms with E-state index in [0.29, 0.717) is 5.82 Å². The fraction of sp³-hybridized carbons (Fsp3) is 0. The summed E-state index contributed by atoms with van der Waals surface area (Å²) in [6.07, 6.45) is 0. The smallest absolute Gasteiger partial charge is 0.264 e. The van der Waals surface area contributed by atoms with Crippen LogP contribution >= 0.6 is 12.4 Å². The average Bonchev–Trinajstić information content (AvgIpc) is 1.77. The number of aromatic amines is 1. The highest BCUT2D eigenvalue weighted by atomic mass is 35.5. The third-order valence-corrected chi connectivity index (χ3v) is 0.701. The number of nitrogens with two attached hydrogens (primary N) is 1. The van der Waals surface area contributed by atoms with Crippen molar-refractivity contribution in [1.29, 1.82) is 0 Å². The lowest BCUT2D eigenvalue weighted by molar-refractivity contribution is 0.999. The van der Waals surface area contributed by atoms with E-state index in [-0.39, 0.29) is 18.0 Å². The van der Waals surface area contributed by atoms with E-state index in [4.69, 9.17) is 5.73 Å². The maximum absolute atomic E-state index is 10.2. The number of nitrogens with zero attached hydrogens (tertiary/aromatic N) is 1. The minimum absolute atomic E-state index is 0. The maximum Gasteiger partial charge on any atom is 0.264 e. The Labute approximate surface area is 57.5 Å². The van der Waals surface area contributed by atoms with Gasteiger partial charge in [-0.25, -0.2) is 5.10 Å². The van der Waals surface area contributed by atoms with Crippen molar-refractivity contribution in [3.05, 3.63) is 22.5 Å². The Morgan fingerprint density at radius 3 is 2.56 bits per heavy atom. The summed E-state index contributed by atoms with van der Waals surface area (Å²) in [6, 6.07) is 2.77. The van der Waals surface area contributed by atoms with Crippen molar-refractivity contribution in [3.63, 3.8) is 0 Å². The Morgan fingerprint density at radius 2 is 2.22 bits per heavy atom. The second kappa shape index (κ2) is 3.09. The molecule has 3 N–H and O–H groups in total. The Kier molecular flexibility index (Phi) is 2.73. The molecule has 0 bridgehead atoms. The molecule has 0 fully saturated rings. The van der Waals surface area contributed by atoms with Crippen molar-refractivity contribution in [1.82, 2.24) is 10.2 Å². The number of nitrogen functional groups attached to an aromatic ring is 1. The van der Waals surface area contributed by atoms with Gasteiger partial charge in [0.1, 0.15) is 5.82 Å². The lowest BCUT2D eigenvalue weighted by atomic mass is 10.5. The maximum atomic E-state index is 10.2. The van der Waals surface area contributed by atoms with Gasteiger partial charge in [0, 0.05) is 6.07 Å². The molecular weight excluding hydrogens is 142 g/mol. The van der Waals surface area contributed by atoms with E-state index < -0.39 is 0 Å². The summed E-state index contributed by atoms with van der Waals surface area (Å²) in [6.45, 7) is 0. The summed E-state index contributed by atoms with van der Waals surface area (Å²) >= 11 is 0. The van der Waals surface area contributed by atoms with Crippen molar-refractivity contribution in [2.75, 3.05) is 5.73 Å². The van der Waals surface area contributed by atoms with Gasteiger partial charge in [-0.1, -0.05) is 0 Å². The van der Waals surface area contributed by atoms with Crippen LogP contribution in [0.15, 0.2) is 16.9 Å². The number of halogens is 1. The normalized spacial score (nSPS) is 8.00. The van der Waals surface area contributed by atoms with Gasteiger partial charge in [-0.3, -0.25) is 4.79 Å². The highest BCUT2D eigenvalue weighted by Crippen LogP contribution is 1.82. The van der Waals surface area contributed by atoms with Crippen LogP contribution in [0.2, 0.25) is 0 Å². The van der Waals surface area contributed by atoms with Crippen molar-refractivity contribution in [2.24, 2.45) is 0 Å². The second-order valence-electron chi connectivity index (χ2n) is 1.35. The number of hydrogen-bond acceptors (Lipinski definition) is 3. The van der Waals surface area contributed by atoms with Crippen molar-refractivity contribution in [3.8, 4) is 0 Å². The molecule has 0 aliphatic rings. The molecule has 0 saturated carbocycles. The molecule has 1 rings (SSSR count). The Hall–Kier alpha value is -1.03. The molecule has 4 nitrogen and oxygen atoms in total. The van der Waals surface area contributed by atoms with Crippen LogP contribution in [0.1, 0.15) is 0 Å². The Balaban J connectivity index is 0.000000640. The van der Waals surface area contributed by atoms with E-state index in [2.05, 4.69) is 10.2 Å². The minimum atomic E-state index is -0.237. The number of hydrogen-bond donors (Lipinski definition) is 2. The molecule has 0 radical (unpaired) electrons. The van der Waals surface area contributed by atoms with Crippen LogP contribution in [-0.4, -0.2) is 10.2 Å². The first-order valence-electron chi connectivity index (χ1n) is 2.10. The third-order valence-electron chi connectivity index (χ3n) is 0.701. The SMILES string of the molecule is Cl.Nc1ccc(=O)[nH]n1. The molecular formula is C4H6ClN3O. The van der Waals surface area contributed by atoms with E-state index in [0.717, 1.165) is 0 Å². The lowest BCUT2D eigenvalue weighted by Crippen LogP contribution is -2.06. The largest absolute Gasteiger partial charge is 0.382 e. The minimum Gasteiger partial charge on any atom is -0.382 e. The summed E-state index contributed by atoms with van der Waals surface area (Å²) < 4.78 is 0. The molecule has 0 saturated heterocycles. The molecule has 1 heterocycles. The third kappa shape index (κ3) is 2.14. The van der Waals surface area contributed by atoms with Crippen molar-refractivity contribution < 1.29 is 0 Å². The van der Waals surface area contributed by atoms with Crippen LogP contribution in [-0.2, 0) is 0 Å². The van der Waals surface area contributed by atoms with Gasteiger partial charge >= 0.3 is 0 Å². The molecule has 0 unspecified atom stereocenters.